The van der Waals surface area contributed by atoms with Crippen LogP contribution in [0.2, 0.25) is 0 Å². The molecule has 1 aromatic carbocycles. The summed E-state index contributed by atoms with van der Waals surface area (Å²) in [5.41, 5.74) is -0.768. The van der Waals surface area contributed by atoms with Gasteiger partial charge in [-0.15, -0.1) is 0 Å². The highest BCUT2D eigenvalue weighted by Gasteiger charge is 2.34. The zero-order valence-electron chi connectivity index (χ0n) is 18.7. The Morgan fingerprint density at radius 2 is 2.09 bits per heavy atom. The molecule has 2 heterocycles. The number of nitriles is 1. The van der Waals surface area contributed by atoms with Gasteiger partial charge in [-0.2, -0.15) is 9.94 Å². The first kappa shape index (κ1) is 22.1. The molecule has 1 aliphatic heterocycles. The molecule has 2 fully saturated rings. The summed E-state index contributed by atoms with van der Waals surface area (Å²) in [7, 11) is 3.42. The van der Waals surface area contributed by atoms with Crippen molar-refractivity contribution in [2.24, 2.45) is 5.92 Å². The van der Waals surface area contributed by atoms with Crippen molar-refractivity contribution in [3.63, 3.8) is 0 Å². The maximum atomic E-state index is 15.4. The van der Waals surface area contributed by atoms with E-state index in [0.717, 1.165) is 25.8 Å². The van der Waals surface area contributed by atoms with Crippen molar-refractivity contribution in [2.45, 2.75) is 44.7 Å². The number of aromatic nitrogens is 2. The van der Waals surface area contributed by atoms with Gasteiger partial charge in [0.05, 0.1) is 25.0 Å². The van der Waals surface area contributed by atoms with Crippen molar-refractivity contribution in [2.75, 3.05) is 44.5 Å². The number of hydrogen-bond acceptors (Lipinski definition) is 7. The Labute approximate surface area is 185 Å². The van der Waals surface area contributed by atoms with E-state index in [-0.39, 0.29) is 28.9 Å². The molecule has 10 heteroatoms. The minimum absolute atomic E-state index is 0.0397. The standard InChI is InChI=1S/C22H29FN6O3/c1-13(6-8-24)26(2)11-14-7-9-27(12-14)19-17(23)10-16-18(20(19)32-3)28(15-4-5-15)22(31)29(25)21(16)30/h10,13-15H,4-7,9,11-12,25H2,1-3H3. The third-order valence-electron chi connectivity index (χ3n) is 6.69. The van der Waals surface area contributed by atoms with Crippen LogP contribution in [0.15, 0.2) is 15.7 Å². The number of halogens is 1. The van der Waals surface area contributed by atoms with Crippen molar-refractivity contribution in [3.05, 3.63) is 32.7 Å². The van der Waals surface area contributed by atoms with E-state index in [1.54, 1.807) is 0 Å². The number of anilines is 1. The van der Waals surface area contributed by atoms with Gasteiger partial charge in [-0.05, 0) is 45.2 Å². The summed E-state index contributed by atoms with van der Waals surface area (Å²) >= 11 is 0. The number of ether oxygens (including phenoxy) is 1. The predicted molar refractivity (Wildman–Crippen MR) is 120 cm³/mol. The molecule has 9 nitrogen and oxygen atoms in total. The molecule has 1 aliphatic carbocycles. The van der Waals surface area contributed by atoms with Crippen molar-refractivity contribution in [1.29, 1.82) is 5.26 Å². The number of fused-ring (bicyclic) bond motifs is 1. The van der Waals surface area contributed by atoms with Gasteiger partial charge in [0.1, 0.15) is 11.2 Å². The van der Waals surface area contributed by atoms with Gasteiger partial charge in [-0.25, -0.2) is 9.18 Å². The van der Waals surface area contributed by atoms with Crippen LogP contribution in [0.5, 0.6) is 5.75 Å². The maximum Gasteiger partial charge on any atom is 0.350 e. The molecule has 2 aromatic rings. The Morgan fingerprint density at radius 3 is 2.72 bits per heavy atom. The topological polar surface area (TPSA) is 110 Å². The van der Waals surface area contributed by atoms with E-state index in [1.165, 1.54) is 17.7 Å². The Bertz CT molecular complexity index is 1200. The lowest BCUT2D eigenvalue weighted by atomic mass is 10.1. The van der Waals surface area contributed by atoms with Crippen LogP contribution in [0.25, 0.3) is 10.9 Å². The summed E-state index contributed by atoms with van der Waals surface area (Å²) < 4.78 is 23.0. The molecule has 1 saturated carbocycles. The van der Waals surface area contributed by atoms with E-state index >= 15 is 4.39 Å². The first-order valence-electron chi connectivity index (χ1n) is 10.9. The van der Waals surface area contributed by atoms with Gasteiger partial charge < -0.3 is 20.4 Å². The Kier molecular flexibility index (Phi) is 5.86. The molecule has 32 heavy (non-hydrogen) atoms. The summed E-state index contributed by atoms with van der Waals surface area (Å²) in [6.07, 6.45) is 2.91. The van der Waals surface area contributed by atoms with Crippen molar-refractivity contribution >= 4 is 16.6 Å². The van der Waals surface area contributed by atoms with Crippen LogP contribution in [0, 0.1) is 23.1 Å². The summed E-state index contributed by atoms with van der Waals surface area (Å²) in [5.74, 6) is 5.63. The van der Waals surface area contributed by atoms with Gasteiger partial charge >= 0.3 is 5.69 Å². The molecule has 0 spiro atoms. The molecule has 0 bridgehead atoms. The number of methoxy groups -OCH3 is 1. The number of hydrogen-bond donors (Lipinski definition) is 1. The largest absolute Gasteiger partial charge is 0.492 e. The Hall–Kier alpha value is -3.06. The first-order valence-corrected chi connectivity index (χ1v) is 10.9. The molecular formula is C22H29FN6O3. The van der Waals surface area contributed by atoms with Crippen molar-refractivity contribution in [3.8, 4) is 11.8 Å². The number of benzene rings is 1. The molecule has 1 saturated heterocycles. The molecule has 0 radical (unpaired) electrons. The zero-order chi connectivity index (χ0) is 23.2. The van der Waals surface area contributed by atoms with Gasteiger partial charge in [-0.1, -0.05) is 0 Å². The minimum Gasteiger partial charge on any atom is -0.492 e. The minimum atomic E-state index is -0.738. The van der Waals surface area contributed by atoms with E-state index in [4.69, 9.17) is 15.8 Å². The maximum absolute atomic E-state index is 15.4. The highest BCUT2D eigenvalue weighted by Crippen LogP contribution is 2.43. The van der Waals surface area contributed by atoms with Crippen molar-refractivity contribution in [1.82, 2.24) is 14.1 Å². The van der Waals surface area contributed by atoms with Crippen LogP contribution >= 0.6 is 0 Å². The lowest BCUT2D eigenvalue weighted by Gasteiger charge is -2.27. The summed E-state index contributed by atoms with van der Waals surface area (Å²) in [4.78, 5) is 29.5. The fraction of sp³-hybridized carbons (Fsp3) is 0.591. The third kappa shape index (κ3) is 3.71. The fourth-order valence-electron chi connectivity index (χ4n) is 4.66. The van der Waals surface area contributed by atoms with Crippen LogP contribution < -0.4 is 26.7 Å². The third-order valence-corrected chi connectivity index (χ3v) is 6.69. The Morgan fingerprint density at radius 1 is 1.38 bits per heavy atom. The molecule has 2 atom stereocenters. The molecule has 1 aromatic heterocycles. The van der Waals surface area contributed by atoms with E-state index in [1.807, 2.05) is 18.9 Å². The smallest absolute Gasteiger partial charge is 0.350 e. The second-order valence-corrected chi connectivity index (χ2v) is 8.95. The highest BCUT2D eigenvalue weighted by molar-refractivity contribution is 5.91. The molecule has 2 N–H and O–H groups in total. The highest BCUT2D eigenvalue weighted by atomic mass is 19.1. The average molecular weight is 445 g/mol. The van der Waals surface area contributed by atoms with Crippen LogP contribution in [0.1, 0.15) is 38.6 Å². The van der Waals surface area contributed by atoms with Gasteiger partial charge in [0.2, 0.25) is 0 Å². The lowest BCUT2D eigenvalue weighted by molar-refractivity contribution is 0.227. The average Bonchev–Trinajstić information content (AvgIpc) is 3.50. The van der Waals surface area contributed by atoms with E-state index in [0.29, 0.717) is 35.6 Å². The monoisotopic (exact) mass is 444 g/mol. The summed E-state index contributed by atoms with van der Waals surface area (Å²) in [6.45, 7) is 4.06. The second kappa shape index (κ2) is 8.47. The van der Waals surface area contributed by atoms with Crippen LogP contribution in [0.4, 0.5) is 10.1 Å². The molecule has 4 rings (SSSR count). The molecule has 0 amide bonds. The zero-order valence-corrected chi connectivity index (χ0v) is 18.7. The number of nitrogens with zero attached hydrogens (tertiary/aromatic N) is 5. The quantitative estimate of drug-likeness (QED) is 0.643. The number of nitrogen functional groups attached to an aromatic ring is 1. The summed E-state index contributed by atoms with van der Waals surface area (Å²) in [6, 6.07) is 3.44. The molecule has 172 valence electrons. The number of rotatable bonds is 7. The van der Waals surface area contributed by atoms with Gasteiger partial charge in [-0.3, -0.25) is 9.36 Å². The molecule has 2 aliphatic rings. The van der Waals surface area contributed by atoms with Gasteiger partial charge in [0.15, 0.2) is 11.6 Å². The predicted octanol–water partition coefficient (Wildman–Crippen LogP) is 1.42. The van der Waals surface area contributed by atoms with Gasteiger partial charge in [0.25, 0.3) is 5.56 Å². The second-order valence-electron chi connectivity index (χ2n) is 8.95. The molecular weight excluding hydrogens is 415 g/mol. The van der Waals surface area contributed by atoms with Crippen molar-refractivity contribution < 1.29 is 9.13 Å². The van der Waals surface area contributed by atoms with Crippen LogP contribution in [-0.2, 0) is 0 Å². The van der Waals surface area contributed by atoms with E-state index in [9.17, 15) is 9.59 Å². The Balaban J connectivity index is 1.74. The normalized spacial score (nSPS) is 19.5. The lowest BCUT2D eigenvalue weighted by Crippen LogP contribution is -2.44. The SMILES string of the molecule is COc1c(N2CCC(CN(C)C(C)CC#N)C2)c(F)cc2c(=O)n(N)c(=O)n(C3CC3)c12. The van der Waals surface area contributed by atoms with Crippen LogP contribution in [-0.4, -0.2) is 54.0 Å². The van der Waals surface area contributed by atoms with E-state index < -0.39 is 17.1 Å². The van der Waals surface area contributed by atoms with Gasteiger partial charge in [0, 0.05) is 31.7 Å². The first-order chi connectivity index (χ1) is 15.3. The van der Waals surface area contributed by atoms with Crippen LogP contribution in [0.3, 0.4) is 0 Å². The number of nitrogens with two attached hydrogens (primary N) is 1. The fourth-order valence-corrected chi connectivity index (χ4v) is 4.66. The van der Waals surface area contributed by atoms with E-state index in [2.05, 4.69) is 11.0 Å². The molecule has 2 unspecified atom stereocenters. The summed E-state index contributed by atoms with van der Waals surface area (Å²) in [5, 5.41) is 8.98.